The largest absolute Gasteiger partial charge is 0.478 e. The summed E-state index contributed by atoms with van der Waals surface area (Å²) in [5.41, 5.74) is 2.82. The highest BCUT2D eigenvalue weighted by Crippen LogP contribution is 2.40. The lowest BCUT2D eigenvalue weighted by atomic mass is 9.83. The molecule has 0 amide bonds. The van der Waals surface area contributed by atoms with Crippen LogP contribution >= 0.6 is 8.58 Å². The van der Waals surface area contributed by atoms with Gasteiger partial charge >= 0.3 is 11.9 Å². The summed E-state index contributed by atoms with van der Waals surface area (Å²) in [5.74, 6) is 0.464. The van der Waals surface area contributed by atoms with Crippen LogP contribution in [0.3, 0.4) is 0 Å². The summed E-state index contributed by atoms with van der Waals surface area (Å²) in [7, 11) is 0.00529. The van der Waals surface area contributed by atoms with Gasteiger partial charge in [-0.05, 0) is 75.7 Å². The zero-order valence-electron chi connectivity index (χ0n) is 17.6. The van der Waals surface area contributed by atoms with Crippen LogP contribution in [-0.2, 0) is 6.18 Å². The van der Waals surface area contributed by atoms with Crippen LogP contribution in [0.4, 0.5) is 29.3 Å². The molecule has 1 aromatic carbocycles. The van der Waals surface area contributed by atoms with Crippen LogP contribution in [0.25, 0.3) is 11.3 Å². The predicted molar refractivity (Wildman–Crippen MR) is 124 cm³/mol. The van der Waals surface area contributed by atoms with Gasteiger partial charge in [-0.2, -0.15) is 13.2 Å². The molecule has 5 nitrogen and oxygen atoms in total. The first-order chi connectivity index (χ1) is 15.8. The Balaban J connectivity index is 1.36. The van der Waals surface area contributed by atoms with Gasteiger partial charge in [0.1, 0.15) is 5.69 Å². The summed E-state index contributed by atoms with van der Waals surface area (Å²) in [6, 6.07) is 14.2. The number of benzene rings is 1. The zero-order chi connectivity index (χ0) is 23.4. The van der Waals surface area contributed by atoms with Crippen LogP contribution in [0.15, 0.2) is 60.9 Å². The van der Waals surface area contributed by atoms with E-state index >= 15 is 0 Å². The van der Waals surface area contributed by atoms with Crippen molar-refractivity contribution in [2.45, 2.75) is 43.4 Å². The SMILES string of the molecule is O=C(O)PC1CCC(c2ccc(-c3ccc(Nc4ccc(C(F)(F)F)nc4)cn3)cc2)CC1. The molecule has 2 N–H and O–H groups in total. The average molecular weight is 473 g/mol. The monoisotopic (exact) mass is 473 g/mol. The van der Waals surface area contributed by atoms with Gasteiger partial charge in [-0.25, -0.2) is 9.78 Å². The lowest BCUT2D eigenvalue weighted by molar-refractivity contribution is -0.141. The Hall–Kier alpha value is -2.99. The zero-order valence-corrected chi connectivity index (χ0v) is 18.6. The molecule has 1 aliphatic rings. The molecule has 1 atom stereocenters. The molecule has 1 unspecified atom stereocenters. The van der Waals surface area contributed by atoms with E-state index in [0.29, 0.717) is 23.0 Å². The lowest BCUT2D eigenvalue weighted by Crippen LogP contribution is -2.15. The summed E-state index contributed by atoms with van der Waals surface area (Å²) in [5, 5.41) is 12.0. The summed E-state index contributed by atoms with van der Waals surface area (Å²) in [6.07, 6.45) is 2.26. The third kappa shape index (κ3) is 6.08. The van der Waals surface area contributed by atoms with Crippen molar-refractivity contribution in [2.24, 2.45) is 0 Å². The van der Waals surface area contributed by atoms with Crippen molar-refractivity contribution in [2.75, 3.05) is 5.32 Å². The fourth-order valence-corrected chi connectivity index (χ4v) is 5.08. The third-order valence-corrected chi connectivity index (χ3v) is 7.07. The molecular formula is C24H23F3N3O2P. The molecule has 3 aromatic rings. The molecule has 0 aliphatic heterocycles. The van der Waals surface area contributed by atoms with Crippen LogP contribution in [0.1, 0.15) is 42.9 Å². The summed E-state index contributed by atoms with van der Waals surface area (Å²) in [6.45, 7) is 0. The van der Waals surface area contributed by atoms with Crippen LogP contribution in [0, 0.1) is 0 Å². The molecule has 1 saturated carbocycles. The maximum atomic E-state index is 12.6. The van der Waals surface area contributed by atoms with E-state index in [2.05, 4.69) is 27.4 Å². The van der Waals surface area contributed by atoms with Gasteiger partial charge in [-0.3, -0.25) is 4.98 Å². The second-order valence-corrected chi connectivity index (χ2v) is 9.64. The highest BCUT2D eigenvalue weighted by atomic mass is 31.1. The molecule has 2 aromatic heterocycles. The minimum absolute atomic E-state index is 0.00529. The van der Waals surface area contributed by atoms with Crippen LogP contribution in [-0.4, -0.2) is 26.4 Å². The lowest BCUT2D eigenvalue weighted by Gasteiger charge is -2.27. The van der Waals surface area contributed by atoms with Crippen molar-refractivity contribution in [1.29, 1.82) is 0 Å². The summed E-state index contributed by atoms with van der Waals surface area (Å²) < 4.78 is 37.9. The van der Waals surface area contributed by atoms with Gasteiger partial charge in [0, 0.05) is 5.56 Å². The quantitative estimate of drug-likeness (QED) is 0.368. The number of rotatable bonds is 6. The first-order valence-electron chi connectivity index (χ1n) is 10.6. The van der Waals surface area contributed by atoms with E-state index in [-0.39, 0.29) is 8.58 Å². The van der Waals surface area contributed by atoms with Gasteiger partial charge in [0.2, 0.25) is 0 Å². The average Bonchev–Trinajstić information content (AvgIpc) is 2.80. The normalized spacial score (nSPS) is 19.0. The Kier molecular flexibility index (Phi) is 6.94. The van der Waals surface area contributed by atoms with E-state index < -0.39 is 17.6 Å². The Labute approximate surface area is 191 Å². The van der Waals surface area contributed by atoms with Crippen molar-refractivity contribution in [1.82, 2.24) is 9.97 Å². The van der Waals surface area contributed by atoms with Crippen LogP contribution < -0.4 is 5.32 Å². The second-order valence-electron chi connectivity index (χ2n) is 8.11. The molecule has 0 saturated heterocycles. The topological polar surface area (TPSA) is 75.1 Å². The molecule has 9 heteroatoms. The molecule has 1 fully saturated rings. The highest BCUT2D eigenvalue weighted by molar-refractivity contribution is 7.57. The standard InChI is InChI=1S/C24H23F3N3O2P/c25-24(26,27)22-12-8-19(14-29-22)30-18-7-11-21(28-13-18)17-3-1-15(2-4-17)16-5-9-20(10-6-16)33-23(31)32/h1-4,7-8,11-14,16,20,30,33H,5-6,9-10H2,(H,31,32). The number of hydrogen-bond acceptors (Lipinski definition) is 4. The van der Waals surface area contributed by atoms with Crippen molar-refractivity contribution in [3.05, 3.63) is 72.2 Å². The molecule has 33 heavy (non-hydrogen) atoms. The minimum Gasteiger partial charge on any atom is -0.478 e. The molecular weight excluding hydrogens is 450 g/mol. The van der Waals surface area contributed by atoms with Crippen molar-refractivity contribution in [3.63, 3.8) is 0 Å². The molecule has 0 spiro atoms. The Morgan fingerprint density at radius 3 is 2.06 bits per heavy atom. The maximum Gasteiger partial charge on any atom is 0.433 e. The van der Waals surface area contributed by atoms with Crippen molar-refractivity contribution < 1.29 is 23.1 Å². The Morgan fingerprint density at radius 1 is 0.909 bits per heavy atom. The molecule has 172 valence electrons. The molecule has 0 bridgehead atoms. The first-order valence-corrected chi connectivity index (χ1v) is 11.7. The van der Waals surface area contributed by atoms with Crippen LogP contribution in [0.2, 0.25) is 0 Å². The molecule has 4 rings (SSSR count). The Bertz CT molecular complexity index is 1080. The number of hydrogen-bond donors (Lipinski definition) is 2. The first kappa shape index (κ1) is 23.2. The summed E-state index contributed by atoms with van der Waals surface area (Å²) >= 11 is 0. The van der Waals surface area contributed by atoms with E-state index in [1.807, 2.05) is 24.3 Å². The van der Waals surface area contributed by atoms with E-state index in [9.17, 15) is 18.0 Å². The number of pyridine rings is 2. The smallest absolute Gasteiger partial charge is 0.433 e. The van der Waals surface area contributed by atoms with Gasteiger partial charge in [0.25, 0.3) is 0 Å². The number of aromatic nitrogens is 2. The van der Waals surface area contributed by atoms with Gasteiger partial charge < -0.3 is 10.4 Å². The molecule has 0 radical (unpaired) electrons. The van der Waals surface area contributed by atoms with Gasteiger partial charge in [-0.1, -0.05) is 24.3 Å². The third-order valence-electron chi connectivity index (χ3n) is 5.84. The number of alkyl halides is 3. The van der Waals surface area contributed by atoms with E-state index in [0.717, 1.165) is 49.2 Å². The van der Waals surface area contributed by atoms with Crippen LogP contribution in [0.5, 0.6) is 0 Å². The minimum atomic E-state index is -4.46. The predicted octanol–water partition coefficient (Wildman–Crippen LogP) is 7.29. The fourth-order valence-electron chi connectivity index (χ4n) is 4.11. The fraction of sp³-hybridized carbons (Fsp3) is 0.292. The molecule has 2 heterocycles. The van der Waals surface area contributed by atoms with Crippen molar-refractivity contribution >= 4 is 25.7 Å². The number of anilines is 2. The van der Waals surface area contributed by atoms with Crippen molar-refractivity contribution in [3.8, 4) is 11.3 Å². The van der Waals surface area contributed by atoms with Gasteiger partial charge in [-0.15, -0.1) is 0 Å². The van der Waals surface area contributed by atoms with Gasteiger partial charge in [0.15, 0.2) is 0 Å². The molecule has 1 aliphatic carbocycles. The number of carboxylic acid groups (broad SMARTS) is 1. The number of carbonyl (C=O) groups is 1. The summed E-state index contributed by atoms with van der Waals surface area (Å²) in [4.78, 5) is 18.8. The second kappa shape index (κ2) is 9.87. The highest BCUT2D eigenvalue weighted by Gasteiger charge is 2.32. The van der Waals surface area contributed by atoms with E-state index in [1.165, 1.54) is 11.6 Å². The maximum absolute atomic E-state index is 12.6. The van der Waals surface area contributed by atoms with E-state index in [4.69, 9.17) is 5.11 Å². The number of nitrogens with zero attached hydrogens (tertiary/aromatic N) is 2. The van der Waals surface area contributed by atoms with E-state index in [1.54, 1.807) is 6.20 Å². The number of halogens is 3. The Morgan fingerprint density at radius 2 is 1.55 bits per heavy atom. The number of nitrogens with one attached hydrogen (secondary N) is 1. The van der Waals surface area contributed by atoms with Gasteiger partial charge in [0.05, 0.1) is 29.5 Å².